The summed E-state index contributed by atoms with van der Waals surface area (Å²) < 4.78 is 44.5. The van der Waals surface area contributed by atoms with E-state index in [0.717, 1.165) is 24.7 Å². The number of nitrogens with zero attached hydrogens (tertiary/aromatic N) is 1. The Morgan fingerprint density at radius 2 is 1.86 bits per heavy atom. The van der Waals surface area contributed by atoms with Crippen molar-refractivity contribution >= 4 is 34.6 Å². The summed E-state index contributed by atoms with van der Waals surface area (Å²) in [6.07, 6.45) is -2.74. The standard InChI is InChI=1S/C20H20ClF3N2OS/c1-27-18-5-3-2-4-15(18)13-8-10-26(11-9-13)19(28)25-14-6-7-17(21)16(12-14)20(22,23)24/h2-7,12-13H,8-11H2,1H3,(H,25,28). The highest BCUT2D eigenvalue weighted by Gasteiger charge is 2.33. The number of alkyl halides is 3. The predicted octanol–water partition coefficient (Wildman–Crippen LogP) is 5.94. The first kappa shape index (κ1) is 20.7. The summed E-state index contributed by atoms with van der Waals surface area (Å²) in [5.41, 5.74) is 0.571. The number of nitrogens with one attached hydrogen (secondary N) is 1. The molecule has 0 radical (unpaired) electrons. The number of hydrogen-bond acceptors (Lipinski definition) is 2. The number of piperidine rings is 1. The minimum Gasteiger partial charge on any atom is -0.496 e. The van der Waals surface area contributed by atoms with E-state index in [9.17, 15) is 13.2 Å². The fourth-order valence-electron chi connectivity index (χ4n) is 3.42. The van der Waals surface area contributed by atoms with Gasteiger partial charge in [0.15, 0.2) is 5.11 Å². The van der Waals surface area contributed by atoms with Gasteiger partial charge in [-0.25, -0.2) is 0 Å². The molecule has 1 saturated heterocycles. The fraction of sp³-hybridized carbons (Fsp3) is 0.350. The molecule has 0 aliphatic carbocycles. The molecule has 0 amide bonds. The normalized spacial score (nSPS) is 15.4. The molecule has 1 N–H and O–H groups in total. The zero-order valence-corrected chi connectivity index (χ0v) is 16.8. The Balaban J connectivity index is 1.63. The van der Waals surface area contributed by atoms with Crippen LogP contribution in [0.15, 0.2) is 42.5 Å². The predicted molar refractivity (Wildman–Crippen MR) is 109 cm³/mol. The van der Waals surface area contributed by atoms with Gasteiger partial charge in [0.25, 0.3) is 0 Å². The Morgan fingerprint density at radius 1 is 1.18 bits per heavy atom. The van der Waals surface area contributed by atoms with Crippen LogP contribution in [0.5, 0.6) is 5.75 Å². The molecule has 2 aromatic rings. The fourth-order valence-corrected chi connectivity index (χ4v) is 3.95. The van der Waals surface area contributed by atoms with Crippen molar-refractivity contribution in [3.05, 3.63) is 58.6 Å². The maximum absolute atomic E-state index is 13.0. The summed E-state index contributed by atoms with van der Waals surface area (Å²) in [6, 6.07) is 11.7. The van der Waals surface area contributed by atoms with E-state index in [1.807, 2.05) is 23.1 Å². The van der Waals surface area contributed by atoms with Crippen molar-refractivity contribution in [1.29, 1.82) is 0 Å². The molecule has 8 heteroatoms. The van der Waals surface area contributed by atoms with Gasteiger partial charge in [-0.15, -0.1) is 0 Å². The maximum Gasteiger partial charge on any atom is 0.417 e. The van der Waals surface area contributed by atoms with Crippen LogP contribution >= 0.6 is 23.8 Å². The van der Waals surface area contributed by atoms with Crippen LogP contribution in [0.3, 0.4) is 0 Å². The zero-order chi connectivity index (χ0) is 20.3. The van der Waals surface area contributed by atoms with E-state index in [2.05, 4.69) is 11.4 Å². The van der Waals surface area contributed by atoms with Gasteiger partial charge in [-0.3, -0.25) is 0 Å². The van der Waals surface area contributed by atoms with Gasteiger partial charge in [0.1, 0.15) is 5.75 Å². The van der Waals surface area contributed by atoms with Crippen molar-refractivity contribution in [3.63, 3.8) is 0 Å². The lowest BCUT2D eigenvalue weighted by atomic mass is 9.89. The summed E-state index contributed by atoms with van der Waals surface area (Å²) in [6.45, 7) is 1.43. The van der Waals surface area contributed by atoms with E-state index >= 15 is 0 Å². The van der Waals surface area contributed by atoms with Gasteiger partial charge in [0, 0.05) is 18.8 Å². The quantitative estimate of drug-likeness (QED) is 0.611. The van der Waals surface area contributed by atoms with Gasteiger partial charge in [0.2, 0.25) is 0 Å². The number of benzene rings is 2. The lowest BCUT2D eigenvalue weighted by Gasteiger charge is -2.34. The molecule has 0 unspecified atom stereocenters. The number of anilines is 1. The first-order chi connectivity index (χ1) is 13.3. The second kappa shape index (κ2) is 8.57. The van der Waals surface area contributed by atoms with Crippen molar-refractivity contribution in [3.8, 4) is 5.75 Å². The number of hydrogen-bond donors (Lipinski definition) is 1. The lowest BCUT2D eigenvalue weighted by molar-refractivity contribution is -0.137. The molecule has 1 heterocycles. The van der Waals surface area contributed by atoms with Crippen LogP contribution in [0.2, 0.25) is 5.02 Å². The average Bonchev–Trinajstić information content (AvgIpc) is 2.68. The minimum absolute atomic E-state index is 0.272. The summed E-state index contributed by atoms with van der Waals surface area (Å²) in [4.78, 5) is 1.98. The van der Waals surface area contributed by atoms with Crippen molar-refractivity contribution in [2.24, 2.45) is 0 Å². The zero-order valence-electron chi connectivity index (χ0n) is 15.2. The Kier molecular flexibility index (Phi) is 6.35. The minimum atomic E-state index is -4.51. The molecule has 2 aromatic carbocycles. The topological polar surface area (TPSA) is 24.5 Å². The second-order valence-electron chi connectivity index (χ2n) is 6.63. The van der Waals surface area contributed by atoms with E-state index in [1.54, 1.807) is 7.11 Å². The van der Waals surface area contributed by atoms with Crippen LogP contribution in [0.25, 0.3) is 0 Å². The van der Waals surface area contributed by atoms with Gasteiger partial charge in [0.05, 0.1) is 17.7 Å². The van der Waals surface area contributed by atoms with Gasteiger partial charge in [-0.2, -0.15) is 13.2 Å². The summed E-state index contributed by atoms with van der Waals surface area (Å²) in [5.74, 6) is 1.24. The number of rotatable bonds is 3. The lowest BCUT2D eigenvalue weighted by Crippen LogP contribution is -2.40. The van der Waals surface area contributed by atoms with Crippen LogP contribution in [-0.4, -0.2) is 30.2 Å². The third kappa shape index (κ3) is 4.70. The van der Waals surface area contributed by atoms with Crippen molar-refractivity contribution < 1.29 is 17.9 Å². The van der Waals surface area contributed by atoms with Crippen molar-refractivity contribution in [1.82, 2.24) is 4.90 Å². The van der Waals surface area contributed by atoms with Crippen LogP contribution in [0, 0.1) is 0 Å². The van der Waals surface area contributed by atoms with E-state index in [-0.39, 0.29) is 10.7 Å². The molecule has 3 nitrogen and oxygen atoms in total. The van der Waals surface area contributed by atoms with Gasteiger partial charge in [-0.1, -0.05) is 29.8 Å². The van der Waals surface area contributed by atoms with Crippen molar-refractivity contribution in [2.45, 2.75) is 24.9 Å². The van der Waals surface area contributed by atoms with Gasteiger partial charge >= 0.3 is 6.18 Å². The molecule has 1 aliphatic heterocycles. The van der Waals surface area contributed by atoms with E-state index in [4.69, 9.17) is 28.6 Å². The third-order valence-corrected chi connectivity index (χ3v) is 5.57. The highest BCUT2D eigenvalue weighted by atomic mass is 35.5. The van der Waals surface area contributed by atoms with Gasteiger partial charge < -0.3 is 15.0 Å². The molecule has 1 aliphatic rings. The third-order valence-electron chi connectivity index (χ3n) is 4.88. The van der Waals surface area contributed by atoms with Crippen molar-refractivity contribution in [2.75, 3.05) is 25.5 Å². The summed E-state index contributed by atoms with van der Waals surface area (Å²) in [5, 5.41) is 2.98. The Morgan fingerprint density at radius 3 is 2.50 bits per heavy atom. The molecular formula is C20H20ClF3N2OS. The summed E-state index contributed by atoms with van der Waals surface area (Å²) >= 11 is 11.1. The monoisotopic (exact) mass is 428 g/mol. The molecular weight excluding hydrogens is 409 g/mol. The Hall–Kier alpha value is -1.99. The number of thiocarbonyl (C=S) groups is 1. The second-order valence-corrected chi connectivity index (χ2v) is 7.42. The highest BCUT2D eigenvalue weighted by Crippen LogP contribution is 2.37. The Bertz CT molecular complexity index is 852. The van der Waals surface area contributed by atoms with Crippen LogP contribution in [-0.2, 0) is 6.18 Å². The molecule has 0 spiro atoms. The number of ether oxygens (including phenoxy) is 1. The van der Waals surface area contributed by atoms with Crippen LogP contribution in [0.4, 0.5) is 18.9 Å². The number of para-hydroxylation sites is 1. The first-order valence-corrected chi connectivity index (χ1v) is 9.64. The van der Waals surface area contributed by atoms with E-state index in [1.165, 1.54) is 17.7 Å². The molecule has 0 bridgehead atoms. The SMILES string of the molecule is COc1ccccc1C1CCN(C(=S)Nc2ccc(Cl)c(C(F)(F)F)c2)CC1. The molecule has 1 fully saturated rings. The highest BCUT2D eigenvalue weighted by molar-refractivity contribution is 7.80. The first-order valence-electron chi connectivity index (χ1n) is 8.85. The van der Waals surface area contributed by atoms with E-state index in [0.29, 0.717) is 24.1 Å². The maximum atomic E-state index is 13.0. The smallest absolute Gasteiger partial charge is 0.417 e. The largest absolute Gasteiger partial charge is 0.496 e. The average molecular weight is 429 g/mol. The summed E-state index contributed by atoms with van der Waals surface area (Å²) in [7, 11) is 1.66. The molecule has 0 aromatic heterocycles. The number of halogens is 4. The molecule has 0 saturated carbocycles. The molecule has 150 valence electrons. The van der Waals surface area contributed by atoms with Crippen LogP contribution in [0.1, 0.15) is 29.9 Å². The Labute approximate surface area is 172 Å². The van der Waals surface area contributed by atoms with Gasteiger partial charge in [-0.05, 0) is 60.8 Å². The van der Waals surface area contributed by atoms with E-state index < -0.39 is 11.7 Å². The number of likely N-dealkylation sites (tertiary alicyclic amines) is 1. The molecule has 28 heavy (non-hydrogen) atoms. The molecule has 3 rings (SSSR count). The van der Waals surface area contributed by atoms with Crippen LogP contribution < -0.4 is 10.1 Å². The number of methoxy groups -OCH3 is 1. The molecule has 0 atom stereocenters.